The van der Waals surface area contributed by atoms with E-state index in [1.54, 1.807) is 18.2 Å². The number of nitrogens with one attached hydrogen (secondary N) is 1. The van der Waals surface area contributed by atoms with Gasteiger partial charge in [0, 0.05) is 24.7 Å². The lowest BCUT2D eigenvalue weighted by Crippen LogP contribution is -2.38. The topological polar surface area (TPSA) is 66.5 Å². The number of rotatable bonds is 4. The minimum absolute atomic E-state index is 0.0629. The average Bonchev–Trinajstić information content (AvgIpc) is 3.31. The van der Waals surface area contributed by atoms with E-state index in [0.29, 0.717) is 11.5 Å². The number of sulfonamides is 1. The molecule has 0 atom stereocenters. The van der Waals surface area contributed by atoms with Crippen LogP contribution < -0.4 is 4.72 Å². The van der Waals surface area contributed by atoms with Gasteiger partial charge in [-0.05, 0) is 49.8 Å². The molecule has 5 nitrogen and oxygen atoms in total. The Labute approximate surface area is 131 Å². The monoisotopic (exact) mass is 322 g/mol. The number of hydrogen-bond donors (Lipinski definition) is 1. The third kappa shape index (κ3) is 3.50. The summed E-state index contributed by atoms with van der Waals surface area (Å²) in [6, 6.07) is 6.43. The van der Waals surface area contributed by atoms with Gasteiger partial charge in [0.1, 0.15) is 0 Å². The van der Waals surface area contributed by atoms with E-state index in [1.165, 1.54) is 6.07 Å². The molecule has 0 radical (unpaired) electrons. The highest BCUT2D eigenvalue weighted by Gasteiger charge is 2.29. The van der Waals surface area contributed by atoms with Crippen molar-refractivity contribution < 1.29 is 13.2 Å². The molecule has 0 spiro atoms. The predicted molar refractivity (Wildman–Crippen MR) is 84.1 cm³/mol. The van der Waals surface area contributed by atoms with Crippen molar-refractivity contribution >= 4 is 15.9 Å². The molecule has 0 aromatic heterocycles. The maximum atomic E-state index is 12.5. The summed E-state index contributed by atoms with van der Waals surface area (Å²) in [6.45, 7) is 3.69. The molecule has 1 aromatic rings. The highest BCUT2D eigenvalue weighted by molar-refractivity contribution is 7.89. The van der Waals surface area contributed by atoms with Crippen LogP contribution in [0.4, 0.5) is 0 Å². The van der Waals surface area contributed by atoms with Crippen LogP contribution in [0.15, 0.2) is 29.2 Å². The van der Waals surface area contributed by atoms with Gasteiger partial charge in [-0.2, -0.15) is 0 Å². The second-order valence-corrected chi connectivity index (χ2v) is 8.11. The largest absolute Gasteiger partial charge is 0.339 e. The fourth-order valence-corrected chi connectivity index (χ4v) is 4.03. The highest BCUT2D eigenvalue weighted by atomic mass is 32.2. The normalized spacial score (nSPS) is 20.1. The van der Waals surface area contributed by atoms with E-state index in [4.69, 9.17) is 0 Å². The van der Waals surface area contributed by atoms with E-state index in [1.807, 2.05) is 4.90 Å². The molecule has 1 aliphatic heterocycles. The summed E-state index contributed by atoms with van der Waals surface area (Å²) in [7, 11) is -3.51. The van der Waals surface area contributed by atoms with Crippen molar-refractivity contribution in [3.05, 3.63) is 29.8 Å². The first-order valence-electron chi connectivity index (χ1n) is 7.87. The number of hydrogen-bond acceptors (Lipinski definition) is 3. The van der Waals surface area contributed by atoms with Crippen LogP contribution >= 0.6 is 0 Å². The Hall–Kier alpha value is -1.40. The maximum absolute atomic E-state index is 12.5. The molecule has 6 heteroatoms. The Bertz CT molecular complexity index is 660. The molecule has 1 aromatic carbocycles. The average molecular weight is 322 g/mol. The quantitative estimate of drug-likeness (QED) is 0.922. The smallest absolute Gasteiger partial charge is 0.253 e. The summed E-state index contributed by atoms with van der Waals surface area (Å²) < 4.78 is 27.1. The third-order valence-electron chi connectivity index (χ3n) is 4.36. The summed E-state index contributed by atoms with van der Waals surface area (Å²) in [6.07, 6.45) is 3.80. The van der Waals surface area contributed by atoms with Gasteiger partial charge < -0.3 is 4.90 Å². The van der Waals surface area contributed by atoms with Gasteiger partial charge in [-0.25, -0.2) is 13.1 Å². The SMILES string of the molecule is CC1CCN(C(=O)c2cccc(S(=O)(=O)NC3CC3)c2)CC1. The van der Waals surface area contributed by atoms with Crippen molar-refractivity contribution in [3.8, 4) is 0 Å². The molecule has 22 heavy (non-hydrogen) atoms. The van der Waals surface area contributed by atoms with Gasteiger partial charge in [-0.15, -0.1) is 0 Å². The van der Waals surface area contributed by atoms with Crippen LogP contribution in [0.5, 0.6) is 0 Å². The summed E-state index contributed by atoms with van der Waals surface area (Å²) in [5.74, 6) is 0.578. The molecule has 2 fully saturated rings. The van der Waals surface area contributed by atoms with E-state index < -0.39 is 10.0 Å². The Morgan fingerprint density at radius 1 is 1.18 bits per heavy atom. The molecule has 3 rings (SSSR count). The minimum Gasteiger partial charge on any atom is -0.339 e. The van der Waals surface area contributed by atoms with Crippen molar-refractivity contribution in [3.63, 3.8) is 0 Å². The Balaban J connectivity index is 1.77. The van der Waals surface area contributed by atoms with Crippen molar-refractivity contribution in [1.29, 1.82) is 0 Å². The zero-order valence-corrected chi connectivity index (χ0v) is 13.6. The van der Waals surface area contributed by atoms with Gasteiger partial charge in [0.2, 0.25) is 10.0 Å². The van der Waals surface area contributed by atoms with Gasteiger partial charge >= 0.3 is 0 Å². The molecule has 1 heterocycles. The van der Waals surface area contributed by atoms with Crippen molar-refractivity contribution in [2.45, 2.75) is 43.5 Å². The standard InChI is InChI=1S/C16H22N2O3S/c1-12-7-9-18(10-8-12)16(19)13-3-2-4-15(11-13)22(20,21)17-14-5-6-14/h2-4,11-12,14,17H,5-10H2,1H3. The molecule has 1 aliphatic carbocycles. The van der Waals surface area contributed by atoms with Crippen LogP contribution in [0.25, 0.3) is 0 Å². The van der Waals surface area contributed by atoms with Gasteiger partial charge in [-0.1, -0.05) is 13.0 Å². The van der Waals surface area contributed by atoms with E-state index in [2.05, 4.69) is 11.6 Å². The number of piperidine rings is 1. The molecule has 1 N–H and O–H groups in total. The second kappa shape index (κ2) is 6.01. The van der Waals surface area contributed by atoms with Crippen molar-refractivity contribution in [2.75, 3.05) is 13.1 Å². The number of carbonyl (C=O) groups excluding carboxylic acids is 1. The van der Waals surface area contributed by atoms with Crippen LogP contribution in [0.1, 0.15) is 43.0 Å². The Morgan fingerprint density at radius 3 is 2.50 bits per heavy atom. The molecular weight excluding hydrogens is 300 g/mol. The molecule has 1 saturated heterocycles. The first-order chi connectivity index (χ1) is 10.5. The molecule has 0 unspecified atom stereocenters. The van der Waals surface area contributed by atoms with Crippen LogP contribution in [-0.4, -0.2) is 38.4 Å². The van der Waals surface area contributed by atoms with Gasteiger partial charge in [0.15, 0.2) is 0 Å². The lowest BCUT2D eigenvalue weighted by Gasteiger charge is -2.30. The molecular formula is C16H22N2O3S. The molecule has 1 saturated carbocycles. The number of benzene rings is 1. The number of nitrogens with zero attached hydrogens (tertiary/aromatic N) is 1. The number of amides is 1. The summed E-state index contributed by atoms with van der Waals surface area (Å²) in [4.78, 5) is 14.5. The summed E-state index contributed by atoms with van der Waals surface area (Å²) in [5.41, 5.74) is 0.452. The Kier molecular flexibility index (Phi) is 4.23. The highest BCUT2D eigenvalue weighted by Crippen LogP contribution is 2.23. The van der Waals surface area contributed by atoms with Crippen molar-refractivity contribution in [1.82, 2.24) is 9.62 Å². The van der Waals surface area contributed by atoms with Crippen LogP contribution in [0, 0.1) is 5.92 Å². The van der Waals surface area contributed by atoms with Crippen LogP contribution in [-0.2, 0) is 10.0 Å². The molecule has 120 valence electrons. The minimum atomic E-state index is -3.51. The van der Waals surface area contributed by atoms with E-state index >= 15 is 0 Å². The lowest BCUT2D eigenvalue weighted by molar-refractivity contribution is 0.0697. The zero-order chi connectivity index (χ0) is 15.7. The molecule has 1 amide bonds. The zero-order valence-electron chi connectivity index (χ0n) is 12.8. The molecule has 2 aliphatic rings. The predicted octanol–water partition coefficient (Wildman–Crippen LogP) is 2.00. The van der Waals surface area contributed by atoms with Gasteiger partial charge in [-0.3, -0.25) is 4.79 Å². The van der Waals surface area contributed by atoms with Gasteiger partial charge in [0.05, 0.1) is 4.90 Å². The van der Waals surface area contributed by atoms with Crippen LogP contribution in [0.3, 0.4) is 0 Å². The van der Waals surface area contributed by atoms with Crippen LogP contribution in [0.2, 0.25) is 0 Å². The fraction of sp³-hybridized carbons (Fsp3) is 0.562. The lowest BCUT2D eigenvalue weighted by atomic mass is 9.98. The first-order valence-corrected chi connectivity index (χ1v) is 9.36. The Morgan fingerprint density at radius 2 is 1.86 bits per heavy atom. The number of likely N-dealkylation sites (tertiary alicyclic amines) is 1. The van der Waals surface area contributed by atoms with E-state index in [0.717, 1.165) is 38.8 Å². The number of carbonyl (C=O) groups is 1. The van der Waals surface area contributed by atoms with E-state index in [-0.39, 0.29) is 16.8 Å². The van der Waals surface area contributed by atoms with E-state index in [9.17, 15) is 13.2 Å². The third-order valence-corrected chi connectivity index (χ3v) is 5.88. The molecule has 0 bridgehead atoms. The summed E-state index contributed by atoms with van der Waals surface area (Å²) in [5, 5.41) is 0. The summed E-state index contributed by atoms with van der Waals surface area (Å²) >= 11 is 0. The fourth-order valence-electron chi connectivity index (χ4n) is 2.68. The second-order valence-electron chi connectivity index (χ2n) is 6.40. The maximum Gasteiger partial charge on any atom is 0.253 e. The van der Waals surface area contributed by atoms with Crippen molar-refractivity contribution in [2.24, 2.45) is 5.92 Å². The first kappa shape index (κ1) is 15.5. The van der Waals surface area contributed by atoms with Gasteiger partial charge in [0.25, 0.3) is 5.91 Å².